The Morgan fingerprint density at radius 1 is 1.03 bits per heavy atom. The summed E-state index contributed by atoms with van der Waals surface area (Å²) in [6.07, 6.45) is 7.53. The Kier molecular flexibility index (Phi) is 5.94. The number of fused-ring (bicyclic) bond motifs is 1. The van der Waals surface area contributed by atoms with Crippen molar-refractivity contribution in [2.75, 3.05) is 36.9 Å². The molecule has 2 aliphatic heterocycles. The van der Waals surface area contributed by atoms with Gasteiger partial charge in [0, 0.05) is 55.7 Å². The molecule has 1 amide bonds. The van der Waals surface area contributed by atoms with Gasteiger partial charge in [0.15, 0.2) is 0 Å². The lowest BCUT2D eigenvalue weighted by Crippen LogP contribution is -2.38. The van der Waals surface area contributed by atoms with Crippen molar-refractivity contribution in [3.63, 3.8) is 0 Å². The molecule has 0 saturated carbocycles. The Bertz CT molecular complexity index is 1160. The minimum absolute atomic E-state index is 0.136. The number of piperidine rings is 1. The molecular weight excluding hydrogens is 412 g/mol. The fraction of sp³-hybridized carbons (Fsp3) is 0.385. The minimum Gasteiger partial charge on any atom is -0.374 e. The first-order chi connectivity index (χ1) is 16.1. The normalized spacial score (nSPS) is 16.4. The molecule has 1 saturated heterocycles. The van der Waals surface area contributed by atoms with Gasteiger partial charge in [-0.05, 0) is 68.5 Å². The van der Waals surface area contributed by atoms with Crippen LogP contribution in [0.4, 0.5) is 17.3 Å². The third kappa shape index (κ3) is 4.67. The molecule has 1 N–H and O–H groups in total. The average Bonchev–Trinajstić information content (AvgIpc) is 2.84. The first-order valence-electron chi connectivity index (χ1n) is 11.7. The Morgan fingerprint density at radius 2 is 1.88 bits per heavy atom. The Balaban J connectivity index is 1.23. The number of hydrogen-bond acceptors (Lipinski definition) is 6. The number of hydrogen-bond donors (Lipinski definition) is 1. The van der Waals surface area contributed by atoms with Gasteiger partial charge in [-0.2, -0.15) is 0 Å². The molecule has 1 aromatic carbocycles. The van der Waals surface area contributed by atoms with Crippen molar-refractivity contribution in [3.05, 3.63) is 71.3 Å². The maximum absolute atomic E-state index is 13.2. The molecule has 5 rings (SSSR count). The van der Waals surface area contributed by atoms with Gasteiger partial charge in [0.2, 0.25) is 0 Å². The highest BCUT2D eigenvalue weighted by Crippen LogP contribution is 2.30. The smallest absolute Gasteiger partial charge is 0.253 e. The van der Waals surface area contributed by atoms with Gasteiger partial charge in [-0.25, -0.2) is 9.97 Å². The van der Waals surface area contributed by atoms with Gasteiger partial charge in [-0.3, -0.25) is 9.78 Å². The number of likely N-dealkylation sites (tertiary alicyclic amines) is 1. The van der Waals surface area contributed by atoms with Crippen molar-refractivity contribution in [1.82, 2.24) is 19.9 Å². The van der Waals surface area contributed by atoms with Crippen LogP contribution >= 0.6 is 0 Å². The number of anilines is 3. The average molecular weight is 443 g/mol. The monoisotopic (exact) mass is 442 g/mol. The van der Waals surface area contributed by atoms with Gasteiger partial charge in [-0.1, -0.05) is 6.07 Å². The molecule has 0 aliphatic carbocycles. The summed E-state index contributed by atoms with van der Waals surface area (Å²) in [6.45, 7) is 4.51. The topological polar surface area (TPSA) is 74.2 Å². The summed E-state index contributed by atoms with van der Waals surface area (Å²) in [5.41, 5.74) is 5.26. The molecular formula is C26H30N6O. The third-order valence-corrected chi connectivity index (χ3v) is 6.68. The second-order valence-corrected chi connectivity index (χ2v) is 9.05. The lowest BCUT2D eigenvalue weighted by atomic mass is 9.93. The summed E-state index contributed by atoms with van der Waals surface area (Å²) in [5.74, 6) is 1.89. The number of carbonyl (C=O) groups excluding carboxylic acids is 1. The lowest BCUT2D eigenvalue weighted by Gasteiger charge is -2.32. The van der Waals surface area contributed by atoms with Crippen LogP contribution in [0.1, 0.15) is 52.5 Å². The van der Waals surface area contributed by atoms with Gasteiger partial charge in [0.25, 0.3) is 5.91 Å². The van der Waals surface area contributed by atoms with Gasteiger partial charge in [0.05, 0.1) is 11.9 Å². The number of nitrogens with zero attached hydrogens (tertiary/aromatic N) is 5. The van der Waals surface area contributed by atoms with E-state index in [1.54, 1.807) is 6.20 Å². The SMILES string of the molecule is Cc1cccc(Nc2cncc(C3CCN(C(=O)c4ccc5c(c4)CCCN5C)CC3)n2)n1. The summed E-state index contributed by atoms with van der Waals surface area (Å²) in [7, 11) is 2.12. The van der Waals surface area contributed by atoms with E-state index in [1.807, 2.05) is 42.3 Å². The number of nitrogens with one attached hydrogen (secondary N) is 1. The second kappa shape index (κ2) is 9.17. The molecule has 0 atom stereocenters. The first kappa shape index (κ1) is 21.4. The quantitative estimate of drug-likeness (QED) is 0.648. The molecule has 3 aromatic rings. The van der Waals surface area contributed by atoms with Crippen LogP contribution in [-0.2, 0) is 6.42 Å². The number of rotatable bonds is 4. The van der Waals surface area contributed by atoms with E-state index in [-0.39, 0.29) is 5.91 Å². The van der Waals surface area contributed by atoms with Gasteiger partial charge < -0.3 is 15.1 Å². The van der Waals surface area contributed by atoms with Crippen LogP contribution in [0.25, 0.3) is 0 Å². The number of amides is 1. The standard InChI is InChI=1S/C26H30N6O/c1-18-5-3-7-24(28-18)30-25-17-27-16-22(29-25)19-10-13-32(14-11-19)26(33)21-8-9-23-20(15-21)6-4-12-31(23)2/h3,5,7-9,15-17,19H,4,6,10-14H2,1-2H3,(H,28,29,30). The fourth-order valence-corrected chi connectivity index (χ4v) is 4.86. The zero-order chi connectivity index (χ0) is 22.8. The van der Waals surface area contributed by atoms with Crippen LogP contribution in [0.15, 0.2) is 48.8 Å². The van der Waals surface area contributed by atoms with Crippen molar-refractivity contribution < 1.29 is 4.79 Å². The summed E-state index contributed by atoms with van der Waals surface area (Å²) < 4.78 is 0. The van der Waals surface area contributed by atoms with Crippen molar-refractivity contribution in [2.24, 2.45) is 0 Å². The summed E-state index contributed by atoms with van der Waals surface area (Å²) >= 11 is 0. The Labute approximate surface area is 194 Å². The van der Waals surface area contributed by atoms with Crippen LogP contribution in [0, 0.1) is 6.92 Å². The molecule has 0 spiro atoms. The van der Waals surface area contributed by atoms with Crippen molar-refractivity contribution in [2.45, 2.75) is 38.5 Å². The zero-order valence-electron chi connectivity index (χ0n) is 19.3. The van der Waals surface area contributed by atoms with Gasteiger partial charge in [0.1, 0.15) is 11.6 Å². The summed E-state index contributed by atoms with van der Waals surface area (Å²) in [5, 5.41) is 3.25. The Hall–Kier alpha value is -3.48. The van der Waals surface area contributed by atoms with E-state index in [1.165, 1.54) is 11.3 Å². The molecule has 7 nitrogen and oxygen atoms in total. The van der Waals surface area contributed by atoms with Crippen LogP contribution in [0.2, 0.25) is 0 Å². The predicted octanol–water partition coefficient (Wildman–Crippen LogP) is 4.33. The molecule has 33 heavy (non-hydrogen) atoms. The van der Waals surface area contributed by atoms with Crippen LogP contribution in [0.3, 0.4) is 0 Å². The highest BCUT2D eigenvalue weighted by molar-refractivity contribution is 5.95. The molecule has 1 fully saturated rings. The maximum Gasteiger partial charge on any atom is 0.253 e. The number of carbonyl (C=O) groups is 1. The number of benzene rings is 1. The minimum atomic E-state index is 0.136. The van der Waals surface area contributed by atoms with E-state index in [0.717, 1.165) is 68.1 Å². The molecule has 170 valence electrons. The third-order valence-electron chi connectivity index (χ3n) is 6.68. The molecule has 0 unspecified atom stereocenters. The summed E-state index contributed by atoms with van der Waals surface area (Å²) in [4.78, 5) is 31.1. The molecule has 4 heterocycles. The zero-order valence-corrected chi connectivity index (χ0v) is 19.3. The number of pyridine rings is 1. The van der Waals surface area contributed by atoms with E-state index >= 15 is 0 Å². The highest BCUT2D eigenvalue weighted by atomic mass is 16.2. The van der Waals surface area contributed by atoms with E-state index < -0.39 is 0 Å². The summed E-state index contributed by atoms with van der Waals surface area (Å²) in [6, 6.07) is 12.0. The van der Waals surface area contributed by atoms with Crippen molar-refractivity contribution >= 4 is 23.2 Å². The maximum atomic E-state index is 13.2. The van der Waals surface area contributed by atoms with Crippen LogP contribution in [0.5, 0.6) is 0 Å². The van der Waals surface area contributed by atoms with Gasteiger partial charge >= 0.3 is 0 Å². The van der Waals surface area contributed by atoms with Crippen molar-refractivity contribution in [3.8, 4) is 0 Å². The van der Waals surface area contributed by atoms with E-state index in [0.29, 0.717) is 11.7 Å². The number of aryl methyl sites for hydroxylation is 2. The van der Waals surface area contributed by atoms with E-state index in [2.05, 4.69) is 39.4 Å². The van der Waals surface area contributed by atoms with E-state index in [4.69, 9.17) is 4.98 Å². The number of aromatic nitrogens is 3. The second-order valence-electron chi connectivity index (χ2n) is 9.05. The lowest BCUT2D eigenvalue weighted by molar-refractivity contribution is 0.0712. The largest absolute Gasteiger partial charge is 0.374 e. The van der Waals surface area contributed by atoms with Crippen LogP contribution < -0.4 is 10.2 Å². The Morgan fingerprint density at radius 3 is 2.70 bits per heavy atom. The predicted molar refractivity (Wildman–Crippen MR) is 130 cm³/mol. The van der Waals surface area contributed by atoms with Crippen molar-refractivity contribution in [1.29, 1.82) is 0 Å². The molecule has 2 aromatic heterocycles. The first-order valence-corrected chi connectivity index (χ1v) is 11.7. The highest BCUT2D eigenvalue weighted by Gasteiger charge is 2.26. The van der Waals surface area contributed by atoms with Crippen LogP contribution in [-0.4, -0.2) is 52.4 Å². The molecule has 0 bridgehead atoms. The van der Waals surface area contributed by atoms with Gasteiger partial charge in [-0.15, -0.1) is 0 Å². The van der Waals surface area contributed by atoms with E-state index in [9.17, 15) is 4.79 Å². The fourth-order valence-electron chi connectivity index (χ4n) is 4.86. The molecule has 2 aliphatic rings. The molecule has 0 radical (unpaired) electrons. The molecule has 7 heteroatoms.